The van der Waals surface area contributed by atoms with E-state index in [1.807, 2.05) is 6.07 Å². The lowest BCUT2D eigenvalue weighted by Gasteiger charge is -2.28. The Kier molecular flexibility index (Phi) is 5.95. The van der Waals surface area contributed by atoms with Crippen LogP contribution in [0, 0.1) is 0 Å². The van der Waals surface area contributed by atoms with Gasteiger partial charge in [0.2, 0.25) is 0 Å². The van der Waals surface area contributed by atoms with Crippen LogP contribution in [0.5, 0.6) is 0 Å². The number of hydrogen-bond donors (Lipinski definition) is 0. The van der Waals surface area contributed by atoms with E-state index in [2.05, 4.69) is 176 Å². The number of hydrogen-bond acceptors (Lipinski definition) is 2. The summed E-state index contributed by atoms with van der Waals surface area (Å²) >= 11 is 0. The summed E-state index contributed by atoms with van der Waals surface area (Å²) in [5.41, 5.74) is 12.8. The van der Waals surface area contributed by atoms with Crippen LogP contribution in [0.2, 0.25) is 0 Å². The van der Waals surface area contributed by atoms with Gasteiger partial charge in [0.1, 0.15) is 11.2 Å². The van der Waals surface area contributed by atoms with E-state index in [4.69, 9.17) is 4.42 Å². The second kappa shape index (κ2) is 10.4. The van der Waals surface area contributed by atoms with Gasteiger partial charge in [-0.25, -0.2) is 0 Å². The molecule has 2 nitrogen and oxygen atoms in total. The van der Waals surface area contributed by atoms with Gasteiger partial charge >= 0.3 is 0 Å². The van der Waals surface area contributed by atoms with Crippen molar-refractivity contribution in [1.29, 1.82) is 0 Å². The molecule has 232 valence electrons. The maximum Gasteiger partial charge on any atom is 0.145 e. The summed E-state index contributed by atoms with van der Waals surface area (Å²) in [6.45, 7) is 4.67. The van der Waals surface area contributed by atoms with E-state index in [1.165, 1.54) is 44.2 Å². The average Bonchev–Trinajstić information content (AvgIpc) is 3.64. The van der Waals surface area contributed by atoms with Crippen LogP contribution >= 0.6 is 0 Å². The second-order valence-corrected chi connectivity index (χ2v) is 13.8. The molecule has 2 heteroatoms. The van der Waals surface area contributed by atoms with Crippen LogP contribution in [-0.4, -0.2) is 0 Å². The average molecular weight is 628 g/mol. The molecule has 0 amide bonds. The fourth-order valence-corrected chi connectivity index (χ4v) is 8.17. The minimum atomic E-state index is -0.0589. The van der Waals surface area contributed by atoms with Crippen LogP contribution < -0.4 is 4.90 Å². The lowest BCUT2D eigenvalue weighted by molar-refractivity contribution is 0.660. The maximum atomic E-state index is 6.66. The van der Waals surface area contributed by atoms with Crippen molar-refractivity contribution in [2.75, 3.05) is 4.90 Å². The first-order valence-corrected chi connectivity index (χ1v) is 17.0. The summed E-state index contributed by atoms with van der Waals surface area (Å²) in [7, 11) is 0. The zero-order valence-corrected chi connectivity index (χ0v) is 27.4. The Hall–Kier alpha value is -6.12. The Morgan fingerprint density at radius 1 is 0.469 bits per heavy atom. The topological polar surface area (TPSA) is 16.4 Å². The van der Waals surface area contributed by atoms with Crippen molar-refractivity contribution in [2.24, 2.45) is 0 Å². The van der Waals surface area contributed by atoms with Gasteiger partial charge in [-0.1, -0.05) is 129 Å². The zero-order chi connectivity index (χ0) is 32.7. The van der Waals surface area contributed by atoms with E-state index in [9.17, 15) is 0 Å². The molecule has 1 heterocycles. The van der Waals surface area contributed by atoms with E-state index in [0.717, 1.165) is 49.8 Å². The largest absolute Gasteiger partial charge is 0.455 e. The highest BCUT2D eigenvalue weighted by Crippen LogP contribution is 2.51. The third kappa shape index (κ3) is 4.20. The minimum Gasteiger partial charge on any atom is -0.455 e. The molecule has 0 spiro atoms. The van der Waals surface area contributed by atoms with Gasteiger partial charge in [-0.3, -0.25) is 0 Å². The second-order valence-electron chi connectivity index (χ2n) is 13.8. The Bertz CT molecular complexity index is 2750. The standard InChI is InChI=1S/C47H33NO/c1-47(2)41-15-7-5-13-37(41)40-29-36(25-27-42(40)47)48(35-23-20-31(21-24-35)34-19-18-30-10-3-4-11-33(30)28-34)43-16-9-12-32-22-26-39-38-14-6-8-17-44(38)49-46(39)45(32)43/h3-29H,1-2H3. The van der Waals surface area contributed by atoms with Crippen molar-refractivity contribution >= 4 is 60.5 Å². The van der Waals surface area contributed by atoms with E-state index < -0.39 is 0 Å². The van der Waals surface area contributed by atoms with Crippen molar-refractivity contribution < 1.29 is 4.42 Å². The fraction of sp³-hybridized carbons (Fsp3) is 0.0638. The number of nitrogens with zero attached hydrogens (tertiary/aromatic N) is 1. The van der Waals surface area contributed by atoms with Crippen molar-refractivity contribution in [3.05, 3.63) is 175 Å². The molecule has 0 fully saturated rings. The minimum absolute atomic E-state index is 0.0589. The molecule has 10 rings (SSSR count). The molecule has 0 N–H and O–H groups in total. The van der Waals surface area contributed by atoms with Crippen molar-refractivity contribution in [3.63, 3.8) is 0 Å². The normalized spacial score (nSPS) is 13.3. The SMILES string of the molecule is CC1(C)c2ccccc2-c2cc(N(c3ccc(-c4ccc5ccccc5c4)cc3)c3cccc4ccc5c6ccccc6oc5c34)ccc21. The molecule has 0 atom stereocenters. The first-order chi connectivity index (χ1) is 24.0. The first kappa shape index (κ1) is 27.9. The molecule has 9 aromatic rings. The monoisotopic (exact) mass is 627 g/mol. The van der Waals surface area contributed by atoms with Gasteiger partial charge in [-0.15, -0.1) is 0 Å². The predicted molar refractivity (Wildman–Crippen MR) is 206 cm³/mol. The van der Waals surface area contributed by atoms with Crippen molar-refractivity contribution in [2.45, 2.75) is 19.3 Å². The van der Waals surface area contributed by atoms with E-state index in [-0.39, 0.29) is 5.41 Å². The highest BCUT2D eigenvalue weighted by molar-refractivity contribution is 6.19. The number of para-hydroxylation sites is 1. The summed E-state index contributed by atoms with van der Waals surface area (Å²) in [6, 6.07) is 59.5. The van der Waals surface area contributed by atoms with Gasteiger partial charge in [0.25, 0.3) is 0 Å². The Morgan fingerprint density at radius 3 is 2.06 bits per heavy atom. The van der Waals surface area contributed by atoms with Crippen LogP contribution in [0.25, 0.3) is 65.7 Å². The number of benzene rings is 8. The Labute approximate surface area is 285 Å². The van der Waals surface area contributed by atoms with E-state index in [1.54, 1.807) is 0 Å². The highest BCUT2D eigenvalue weighted by Gasteiger charge is 2.35. The molecule has 1 aliphatic carbocycles. The molecular formula is C47H33NO. The zero-order valence-electron chi connectivity index (χ0n) is 27.4. The van der Waals surface area contributed by atoms with Gasteiger partial charge in [0, 0.05) is 32.9 Å². The van der Waals surface area contributed by atoms with Crippen LogP contribution in [0.15, 0.2) is 168 Å². The molecule has 49 heavy (non-hydrogen) atoms. The Balaban J connectivity index is 1.20. The summed E-state index contributed by atoms with van der Waals surface area (Å²) in [4.78, 5) is 2.41. The molecule has 0 saturated heterocycles. The Morgan fingerprint density at radius 2 is 1.16 bits per heavy atom. The fourth-order valence-electron chi connectivity index (χ4n) is 8.17. The van der Waals surface area contributed by atoms with Crippen LogP contribution in [0.1, 0.15) is 25.0 Å². The number of rotatable bonds is 4. The molecule has 8 aromatic carbocycles. The molecule has 0 bridgehead atoms. The van der Waals surface area contributed by atoms with Gasteiger partial charge in [0.05, 0.1) is 5.69 Å². The van der Waals surface area contributed by atoms with Crippen LogP contribution in [0.3, 0.4) is 0 Å². The lowest BCUT2D eigenvalue weighted by Crippen LogP contribution is -2.15. The molecule has 0 radical (unpaired) electrons. The number of fused-ring (bicyclic) bond motifs is 9. The third-order valence-corrected chi connectivity index (χ3v) is 10.6. The van der Waals surface area contributed by atoms with Gasteiger partial charge < -0.3 is 9.32 Å². The lowest BCUT2D eigenvalue weighted by atomic mass is 9.82. The van der Waals surface area contributed by atoms with Crippen LogP contribution in [0.4, 0.5) is 17.1 Å². The number of furan rings is 1. The molecular weight excluding hydrogens is 595 g/mol. The van der Waals surface area contributed by atoms with Gasteiger partial charge in [0.15, 0.2) is 0 Å². The van der Waals surface area contributed by atoms with Gasteiger partial charge in [-0.05, 0) is 98.1 Å². The molecule has 0 unspecified atom stereocenters. The summed E-state index contributed by atoms with van der Waals surface area (Å²) in [5.74, 6) is 0. The third-order valence-electron chi connectivity index (χ3n) is 10.6. The molecule has 0 saturated carbocycles. The molecule has 1 aromatic heterocycles. The van der Waals surface area contributed by atoms with Crippen molar-refractivity contribution in [3.8, 4) is 22.3 Å². The number of anilines is 3. The molecule has 1 aliphatic rings. The molecule has 0 aliphatic heterocycles. The first-order valence-electron chi connectivity index (χ1n) is 17.0. The smallest absolute Gasteiger partial charge is 0.145 e. The van der Waals surface area contributed by atoms with E-state index >= 15 is 0 Å². The summed E-state index contributed by atoms with van der Waals surface area (Å²) in [5, 5.41) is 7.02. The van der Waals surface area contributed by atoms with Crippen molar-refractivity contribution in [1.82, 2.24) is 0 Å². The predicted octanol–water partition coefficient (Wildman–Crippen LogP) is 13.3. The van der Waals surface area contributed by atoms with Crippen LogP contribution in [-0.2, 0) is 5.41 Å². The summed E-state index contributed by atoms with van der Waals surface area (Å²) in [6.07, 6.45) is 0. The van der Waals surface area contributed by atoms with E-state index in [0.29, 0.717) is 0 Å². The quantitative estimate of drug-likeness (QED) is 0.193. The highest BCUT2D eigenvalue weighted by atomic mass is 16.3. The summed E-state index contributed by atoms with van der Waals surface area (Å²) < 4.78 is 6.66. The van der Waals surface area contributed by atoms with Gasteiger partial charge in [-0.2, -0.15) is 0 Å². The maximum absolute atomic E-state index is 6.66.